The number of terminal acetylenes is 1. The zero-order valence-corrected chi connectivity index (χ0v) is 14.9. The van der Waals surface area contributed by atoms with Crippen LogP contribution in [0.5, 0.6) is 11.5 Å². The van der Waals surface area contributed by atoms with Crippen molar-refractivity contribution in [1.29, 1.82) is 0 Å². The van der Waals surface area contributed by atoms with Crippen molar-refractivity contribution in [3.63, 3.8) is 0 Å². The summed E-state index contributed by atoms with van der Waals surface area (Å²) in [5.74, 6) is 3.12. The Morgan fingerprint density at radius 3 is 2.76 bits per heavy atom. The maximum Gasteiger partial charge on any atom is 0.293 e. The summed E-state index contributed by atoms with van der Waals surface area (Å²) in [5, 5.41) is -0.270. The minimum Gasteiger partial charge on any atom is -0.493 e. The van der Waals surface area contributed by atoms with Gasteiger partial charge in [-0.3, -0.25) is 14.5 Å². The van der Waals surface area contributed by atoms with Crippen LogP contribution in [0.25, 0.3) is 6.08 Å². The smallest absolute Gasteiger partial charge is 0.293 e. The highest BCUT2D eigenvalue weighted by Crippen LogP contribution is 2.34. The van der Waals surface area contributed by atoms with E-state index in [-0.39, 0.29) is 17.8 Å². The lowest BCUT2D eigenvalue weighted by atomic mass is 10.2. The fourth-order valence-corrected chi connectivity index (χ4v) is 3.09. The third kappa shape index (κ3) is 4.78. The SMILES string of the molecule is C#CCOc1ccc(/C=C2/SC(=O)N(CCCOC)C2=O)cc1OC. The van der Waals surface area contributed by atoms with Crippen LogP contribution in [0.15, 0.2) is 23.1 Å². The number of rotatable bonds is 8. The third-order valence-corrected chi connectivity index (χ3v) is 4.31. The van der Waals surface area contributed by atoms with Crippen LogP contribution in [0.1, 0.15) is 12.0 Å². The monoisotopic (exact) mass is 361 g/mol. The first-order valence-electron chi connectivity index (χ1n) is 7.59. The van der Waals surface area contributed by atoms with Crippen LogP contribution in [0, 0.1) is 12.3 Å². The Balaban J connectivity index is 2.16. The van der Waals surface area contributed by atoms with Crippen molar-refractivity contribution in [2.45, 2.75) is 6.42 Å². The summed E-state index contributed by atoms with van der Waals surface area (Å²) in [7, 11) is 3.10. The topological polar surface area (TPSA) is 65.1 Å². The number of thioether (sulfide) groups is 1. The Kier molecular flexibility index (Phi) is 6.92. The summed E-state index contributed by atoms with van der Waals surface area (Å²) in [4.78, 5) is 26.0. The Morgan fingerprint density at radius 1 is 1.28 bits per heavy atom. The van der Waals surface area contributed by atoms with Gasteiger partial charge in [-0.05, 0) is 42.0 Å². The molecule has 0 bridgehead atoms. The number of nitrogens with zero attached hydrogens (tertiary/aromatic N) is 1. The predicted octanol–water partition coefficient (Wildman–Crippen LogP) is 2.78. The second-order valence-electron chi connectivity index (χ2n) is 5.08. The number of benzene rings is 1. The molecule has 1 aliphatic heterocycles. The molecule has 1 saturated heterocycles. The molecule has 132 valence electrons. The zero-order chi connectivity index (χ0) is 18.2. The van der Waals surface area contributed by atoms with Crippen molar-refractivity contribution in [3.8, 4) is 23.8 Å². The normalized spacial score (nSPS) is 15.6. The molecule has 1 fully saturated rings. The lowest BCUT2D eigenvalue weighted by Crippen LogP contribution is -2.29. The van der Waals surface area contributed by atoms with Gasteiger partial charge in [-0.2, -0.15) is 0 Å². The fraction of sp³-hybridized carbons (Fsp3) is 0.333. The van der Waals surface area contributed by atoms with E-state index in [1.807, 2.05) is 0 Å². The van der Waals surface area contributed by atoms with Gasteiger partial charge in [0.15, 0.2) is 11.5 Å². The van der Waals surface area contributed by atoms with Gasteiger partial charge in [0.25, 0.3) is 11.1 Å². The van der Waals surface area contributed by atoms with Crippen LogP contribution in [0.2, 0.25) is 0 Å². The summed E-state index contributed by atoms with van der Waals surface area (Å²) >= 11 is 0.925. The van der Waals surface area contributed by atoms with Crippen LogP contribution in [-0.2, 0) is 9.53 Å². The van der Waals surface area contributed by atoms with Crippen molar-refractivity contribution in [1.82, 2.24) is 4.90 Å². The highest BCUT2D eigenvalue weighted by Gasteiger charge is 2.34. The molecule has 2 rings (SSSR count). The summed E-state index contributed by atoms with van der Waals surface area (Å²) in [6.07, 6.45) is 7.45. The number of carbonyl (C=O) groups excluding carboxylic acids is 2. The van der Waals surface area contributed by atoms with Crippen LogP contribution in [-0.4, -0.2) is 50.0 Å². The summed E-state index contributed by atoms with van der Waals surface area (Å²) in [5.41, 5.74) is 0.729. The van der Waals surface area contributed by atoms with Gasteiger partial charge in [-0.1, -0.05) is 12.0 Å². The summed E-state index contributed by atoms with van der Waals surface area (Å²) < 4.78 is 15.6. The molecule has 0 spiro atoms. The lowest BCUT2D eigenvalue weighted by molar-refractivity contribution is -0.122. The highest BCUT2D eigenvalue weighted by molar-refractivity contribution is 8.18. The van der Waals surface area contributed by atoms with Crippen molar-refractivity contribution in [2.24, 2.45) is 0 Å². The van der Waals surface area contributed by atoms with E-state index in [2.05, 4.69) is 5.92 Å². The largest absolute Gasteiger partial charge is 0.493 e. The minimum absolute atomic E-state index is 0.135. The average Bonchev–Trinajstić information content (AvgIpc) is 2.88. The molecule has 0 saturated carbocycles. The van der Waals surface area contributed by atoms with E-state index in [1.165, 1.54) is 12.0 Å². The molecule has 0 radical (unpaired) electrons. The molecule has 25 heavy (non-hydrogen) atoms. The second-order valence-corrected chi connectivity index (χ2v) is 6.08. The van der Waals surface area contributed by atoms with E-state index in [4.69, 9.17) is 20.6 Å². The highest BCUT2D eigenvalue weighted by atomic mass is 32.2. The molecule has 1 aromatic rings. The van der Waals surface area contributed by atoms with E-state index in [0.717, 1.165) is 17.3 Å². The maximum atomic E-state index is 12.4. The van der Waals surface area contributed by atoms with Gasteiger partial charge in [-0.25, -0.2) is 0 Å². The number of methoxy groups -OCH3 is 2. The molecule has 0 atom stereocenters. The number of ether oxygens (including phenoxy) is 3. The Labute approximate surface area is 151 Å². The van der Waals surface area contributed by atoms with Crippen LogP contribution < -0.4 is 9.47 Å². The molecule has 1 heterocycles. The van der Waals surface area contributed by atoms with Crippen molar-refractivity contribution in [2.75, 3.05) is 34.0 Å². The Morgan fingerprint density at radius 2 is 2.08 bits per heavy atom. The molecule has 1 aromatic carbocycles. The van der Waals surface area contributed by atoms with Gasteiger partial charge >= 0.3 is 0 Å². The molecule has 0 unspecified atom stereocenters. The van der Waals surface area contributed by atoms with Crippen molar-refractivity contribution < 1.29 is 23.8 Å². The van der Waals surface area contributed by atoms with E-state index < -0.39 is 0 Å². The number of hydrogen-bond acceptors (Lipinski definition) is 6. The molecule has 1 aliphatic rings. The fourth-order valence-electron chi connectivity index (χ4n) is 2.22. The number of amides is 2. The van der Waals surface area contributed by atoms with Crippen LogP contribution in [0.4, 0.5) is 4.79 Å². The molecular formula is C18H19NO5S. The molecule has 2 amide bonds. The van der Waals surface area contributed by atoms with Crippen molar-refractivity contribution >= 4 is 29.0 Å². The first-order valence-corrected chi connectivity index (χ1v) is 8.41. The summed E-state index contributed by atoms with van der Waals surface area (Å²) in [6.45, 7) is 0.977. The standard InChI is InChI=1S/C18H19NO5S/c1-4-9-24-14-7-6-13(11-15(14)23-3)12-16-17(20)19(18(21)25-16)8-5-10-22-2/h1,6-7,11-12H,5,8-10H2,2-3H3/b16-12+. The number of imide groups is 1. The van der Waals surface area contributed by atoms with Crippen LogP contribution in [0.3, 0.4) is 0 Å². The lowest BCUT2D eigenvalue weighted by Gasteiger charge is -2.11. The van der Waals surface area contributed by atoms with E-state index in [9.17, 15) is 9.59 Å². The molecule has 0 aliphatic carbocycles. The number of hydrogen-bond donors (Lipinski definition) is 0. The third-order valence-electron chi connectivity index (χ3n) is 3.40. The Bertz CT molecular complexity index is 723. The quantitative estimate of drug-likeness (QED) is 0.403. The van der Waals surface area contributed by atoms with Gasteiger partial charge in [0.05, 0.1) is 12.0 Å². The zero-order valence-electron chi connectivity index (χ0n) is 14.1. The first-order chi connectivity index (χ1) is 12.1. The van der Waals surface area contributed by atoms with Gasteiger partial charge in [0.1, 0.15) is 6.61 Å². The molecule has 6 nitrogen and oxygen atoms in total. The van der Waals surface area contributed by atoms with E-state index >= 15 is 0 Å². The second kappa shape index (κ2) is 9.16. The van der Waals surface area contributed by atoms with Gasteiger partial charge < -0.3 is 14.2 Å². The maximum absolute atomic E-state index is 12.4. The van der Waals surface area contributed by atoms with Gasteiger partial charge in [-0.15, -0.1) is 6.42 Å². The van der Waals surface area contributed by atoms with Gasteiger partial charge in [0, 0.05) is 20.3 Å². The molecule has 7 heteroatoms. The molecule has 0 aromatic heterocycles. The number of carbonyl (C=O) groups is 2. The Hall–Kier alpha value is -2.43. The minimum atomic E-state index is -0.294. The van der Waals surface area contributed by atoms with Crippen molar-refractivity contribution in [3.05, 3.63) is 28.7 Å². The molecule has 0 N–H and O–H groups in total. The van der Waals surface area contributed by atoms with E-state index in [1.54, 1.807) is 31.4 Å². The van der Waals surface area contributed by atoms with Gasteiger partial charge in [0.2, 0.25) is 0 Å². The summed E-state index contributed by atoms with van der Waals surface area (Å²) in [6, 6.07) is 5.21. The van der Waals surface area contributed by atoms with Crippen LogP contribution >= 0.6 is 11.8 Å². The first kappa shape index (κ1) is 18.9. The average molecular weight is 361 g/mol. The predicted molar refractivity (Wildman–Crippen MR) is 96.5 cm³/mol. The van der Waals surface area contributed by atoms with E-state index in [0.29, 0.717) is 36.0 Å². The molecular weight excluding hydrogens is 342 g/mol.